The first-order chi connectivity index (χ1) is 8.84. The number of rotatable bonds is 2. The van der Waals surface area contributed by atoms with E-state index >= 15 is 0 Å². The molecule has 0 amide bonds. The predicted molar refractivity (Wildman–Crippen MR) is 77.5 cm³/mol. The zero-order valence-electron chi connectivity index (χ0n) is 12.0. The van der Waals surface area contributed by atoms with Crippen molar-refractivity contribution in [2.24, 2.45) is 16.7 Å². The number of nitrogens with two attached hydrogens (primary N) is 1. The van der Waals surface area contributed by atoms with E-state index in [-0.39, 0.29) is 16.9 Å². The van der Waals surface area contributed by atoms with Gasteiger partial charge in [0.2, 0.25) is 0 Å². The molecule has 19 heavy (non-hydrogen) atoms. The molecule has 3 heteroatoms. The van der Waals surface area contributed by atoms with Crippen molar-refractivity contribution >= 4 is 11.4 Å². The van der Waals surface area contributed by atoms with E-state index in [1.54, 1.807) is 6.07 Å². The van der Waals surface area contributed by atoms with Gasteiger partial charge in [0, 0.05) is 6.04 Å². The summed E-state index contributed by atoms with van der Waals surface area (Å²) in [7, 11) is 0. The van der Waals surface area contributed by atoms with Crippen LogP contribution in [0, 0.1) is 22.6 Å². The van der Waals surface area contributed by atoms with Gasteiger partial charge in [0.25, 0.3) is 0 Å². The lowest BCUT2D eigenvalue weighted by molar-refractivity contribution is 0.155. The van der Waals surface area contributed by atoms with Gasteiger partial charge in [-0.15, -0.1) is 0 Å². The van der Waals surface area contributed by atoms with Crippen molar-refractivity contribution < 1.29 is 4.39 Å². The Morgan fingerprint density at radius 3 is 2.68 bits per heavy atom. The number of nitrogen functional groups attached to an aromatic ring is 1. The first-order valence-electron chi connectivity index (χ1n) is 7.15. The third kappa shape index (κ3) is 1.74. The van der Waals surface area contributed by atoms with Crippen LogP contribution in [0.5, 0.6) is 0 Å². The number of para-hydroxylation sites is 1. The van der Waals surface area contributed by atoms with Crippen molar-refractivity contribution in [3.05, 3.63) is 24.0 Å². The Morgan fingerprint density at radius 1 is 1.32 bits per heavy atom. The maximum Gasteiger partial charge on any atom is 0.148 e. The van der Waals surface area contributed by atoms with Crippen LogP contribution in [-0.4, -0.2) is 6.04 Å². The highest BCUT2D eigenvalue weighted by atomic mass is 19.1. The Bertz CT molecular complexity index is 507. The van der Waals surface area contributed by atoms with Crippen LogP contribution in [0.15, 0.2) is 18.2 Å². The van der Waals surface area contributed by atoms with Crippen LogP contribution in [0.2, 0.25) is 0 Å². The number of nitrogens with one attached hydrogen (secondary N) is 1. The molecule has 0 aromatic heterocycles. The topological polar surface area (TPSA) is 38.0 Å². The monoisotopic (exact) mass is 262 g/mol. The number of fused-ring (bicyclic) bond motifs is 2. The highest BCUT2D eigenvalue weighted by molar-refractivity contribution is 5.67. The minimum Gasteiger partial charge on any atom is -0.395 e. The summed E-state index contributed by atoms with van der Waals surface area (Å²) in [6, 6.07) is 5.37. The van der Waals surface area contributed by atoms with Crippen LogP contribution in [0.3, 0.4) is 0 Å². The first-order valence-corrected chi connectivity index (χ1v) is 7.15. The largest absolute Gasteiger partial charge is 0.395 e. The summed E-state index contributed by atoms with van der Waals surface area (Å²) in [5.74, 6) is 0.431. The molecule has 3 rings (SSSR count). The zero-order valence-corrected chi connectivity index (χ0v) is 12.0. The molecule has 1 aromatic carbocycles. The number of halogens is 1. The number of benzene rings is 1. The summed E-state index contributed by atoms with van der Waals surface area (Å²) in [5, 5.41) is 3.55. The minimum atomic E-state index is -0.337. The van der Waals surface area contributed by atoms with E-state index in [2.05, 4.69) is 26.1 Å². The van der Waals surface area contributed by atoms with Gasteiger partial charge in [0.05, 0.1) is 11.4 Å². The summed E-state index contributed by atoms with van der Waals surface area (Å²) < 4.78 is 13.6. The predicted octanol–water partition coefficient (Wildman–Crippen LogP) is 4.03. The summed E-state index contributed by atoms with van der Waals surface area (Å²) in [4.78, 5) is 0. The summed E-state index contributed by atoms with van der Waals surface area (Å²) in [6.45, 7) is 7.01. The van der Waals surface area contributed by atoms with Gasteiger partial charge in [-0.1, -0.05) is 26.8 Å². The molecule has 0 radical (unpaired) electrons. The quantitative estimate of drug-likeness (QED) is 0.790. The summed E-state index contributed by atoms with van der Waals surface area (Å²) in [5.41, 5.74) is 7.39. The molecule has 2 nitrogen and oxygen atoms in total. The first kappa shape index (κ1) is 12.8. The van der Waals surface area contributed by atoms with E-state index in [9.17, 15) is 4.39 Å². The Hall–Kier alpha value is -1.25. The molecule has 104 valence electrons. The van der Waals surface area contributed by atoms with E-state index < -0.39 is 0 Å². The van der Waals surface area contributed by atoms with Crippen LogP contribution in [0.1, 0.15) is 40.0 Å². The van der Waals surface area contributed by atoms with E-state index in [4.69, 9.17) is 5.73 Å². The maximum atomic E-state index is 13.6. The average Bonchev–Trinajstić information content (AvgIpc) is 2.81. The minimum absolute atomic E-state index is 0.240. The van der Waals surface area contributed by atoms with Gasteiger partial charge in [-0.3, -0.25) is 0 Å². The number of hydrogen-bond acceptors (Lipinski definition) is 2. The zero-order chi connectivity index (χ0) is 13.8. The molecule has 0 aliphatic heterocycles. The van der Waals surface area contributed by atoms with Crippen LogP contribution < -0.4 is 11.1 Å². The van der Waals surface area contributed by atoms with E-state index in [0.29, 0.717) is 11.5 Å². The normalized spacial score (nSPS) is 35.6. The lowest BCUT2D eigenvalue weighted by atomic mass is 9.68. The molecule has 0 spiro atoms. The second kappa shape index (κ2) is 3.87. The lowest BCUT2D eigenvalue weighted by Gasteiger charge is -2.43. The fourth-order valence-electron chi connectivity index (χ4n) is 4.48. The van der Waals surface area contributed by atoms with Crippen LogP contribution in [0.25, 0.3) is 0 Å². The Morgan fingerprint density at radius 2 is 2.05 bits per heavy atom. The molecule has 3 unspecified atom stereocenters. The molecule has 3 N–H and O–H groups in total. The molecule has 0 heterocycles. The molecule has 3 atom stereocenters. The van der Waals surface area contributed by atoms with Crippen LogP contribution >= 0.6 is 0 Å². The molecule has 0 saturated heterocycles. The Kier molecular flexibility index (Phi) is 2.60. The Balaban J connectivity index is 1.93. The van der Waals surface area contributed by atoms with Crippen LogP contribution in [-0.2, 0) is 0 Å². The van der Waals surface area contributed by atoms with E-state index in [1.165, 1.54) is 25.3 Å². The van der Waals surface area contributed by atoms with E-state index in [1.807, 2.05) is 6.07 Å². The van der Waals surface area contributed by atoms with Gasteiger partial charge in [-0.2, -0.15) is 0 Å². The fourth-order valence-corrected chi connectivity index (χ4v) is 4.48. The SMILES string of the molecule is CC12CCC(C1)C(C)(C)C2Nc1cccc(F)c1N. The lowest BCUT2D eigenvalue weighted by Crippen LogP contribution is -2.45. The van der Waals surface area contributed by atoms with Gasteiger partial charge in [-0.05, 0) is 48.1 Å². The van der Waals surface area contributed by atoms with Crippen LogP contribution in [0.4, 0.5) is 15.8 Å². The highest BCUT2D eigenvalue weighted by Gasteiger charge is 2.59. The third-order valence-electron chi connectivity index (χ3n) is 5.62. The maximum absolute atomic E-state index is 13.6. The van der Waals surface area contributed by atoms with Crippen molar-refractivity contribution in [1.82, 2.24) is 0 Å². The van der Waals surface area contributed by atoms with E-state index in [0.717, 1.165) is 11.6 Å². The smallest absolute Gasteiger partial charge is 0.148 e. The molecule has 1 aromatic rings. The number of anilines is 2. The molecule has 2 fully saturated rings. The fraction of sp³-hybridized carbons (Fsp3) is 0.625. The molecular weight excluding hydrogens is 239 g/mol. The Labute approximate surface area is 114 Å². The van der Waals surface area contributed by atoms with Gasteiger partial charge in [0.1, 0.15) is 5.82 Å². The van der Waals surface area contributed by atoms with Gasteiger partial charge in [0.15, 0.2) is 0 Å². The van der Waals surface area contributed by atoms with Gasteiger partial charge >= 0.3 is 0 Å². The molecule has 2 aliphatic carbocycles. The van der Waals surface area contributed by atoms with Crippen molar-refractivity contribution in [3.8, 4) is 0 Å². The van der Waals surface area contributed by atoms with Crippen molar-refractivity contribution in [2.75, 3.05) is 11.1 Å². The third-order valence-corrected chi connectivity index (χ3v) is 5.62. The molecule has 2 bridgehead atoms. The summed E-state index contributed by atoms with van der Waals surface area (Å²) >= 11 is 0. The summed E-state index contributed by atoms with van der Waals surface area (Å²) in [6.07, 6.45) is 3.85. The molecule has 2 aliphatic rings. The van der Waals surface area contributed by atoms with Crippen molar-refractivity contribution in [2.45, 2.75) is 46.1 Å². The van der Waals surface area contributed by atoms with Crippen molar-refractivity contribution in [1.29, 1.82) is 0 Å². The molecular formula is C16H23FN2. The second-order valence-electron chi connectivity index (χ2n) is 7.19. The van der Waals surface area contributed by atoms with Gasteiger partial charge < -0.3 is 11.1 Å². The second-order valence-corrected chi connectivity index (χ2v) is 7.19. The number of hydrogen-bond donors (Lipinski definition) is 2. The molecule has 2 saturated carbocycles. The average molecular weight is 262 g/mol. The van der Waals surface area contributed by atoms with Crippen molar-refractivity contribution in [3.63, 3.8) is 0 Å². The van der Waals surface area contributed by atoms with Gasteiger partial charge in [-0.25, -0.2) is 4.39 Å². The standard InChI is InChI=1S/C16H23FN2/c1-15(2)10-7-8-16(3,9-10)14(15)19-12-6-4-5-11(17)13(12)18/h4-6,10,14,19H,7-9,18H2,1-3H3. The highest BCUT2D eigenvalue weighted by Crippen LogP contribution is 2.63.